The summed E-state index contributed by atoms with van der Waals surface area (Å²) in [6, 6.07) is 0. The van der Waals surface area contributed by atoms with Gasteiger partial charge in [-0.15, -0.1) is 19.7 Å². The van der Waals surface area contributed by atoms with Gasteiger partial charge in [0.25, 0.3) is 0 Å². The molecule has 0 aromatic carbocycles. The molecule has 13 heavy (non-hydrogen) atoms. The van der Waals surface area contributed by atoms with Gasteiger partial charge >= 0.3 is 0 Å². The zero-order valence-corrected chi connectivity index (χ0v) is 8.84. The summed E-state index contributed by atoms with van der Waals surface area (Å²) < 4.78 is 0. The van der Waals surface area contributed by atoms with Crippen LogP contribution in [0.3, 0.4) is 0 Å². The Balaban J connectivity index is 0. The van der Waals surface area contributed by atoms with Crippen molar-refractivity contribution in [3.63, 3.8) is 0 Å². The third-order valence-corrected chi connectivity index (χ3v) is 1.37. The average molecular weight is 178 g/mol. The van der Waals surface area contributed by atoms with Gasteiger partial charge in [-0.1, -0.05) is 30.4 Å². The fraction of sp³-hybridized carbons (Fsp3) is 0.385. The molecule has 0 aliphatic heterocycles. The Hall–Kier alpha value is -1.04. The van der Waals surface area contributed by atoms with E-state index in [9.17, 15) is 0 Å². The molecule has 0 heterocycles. The van der Waals surface area contributed by atoms with Crippen LogP contribution in [0.4, 0.5) is 0 Å². The highest BCUT2D eigenvalue weighted by atomic mass is 13.9. The summed E-state index contributed by atoms with van der Waals surface area (Å²) in [5.74, 6) is 0. The van der Waals surface area contributed by atoms with Gasteiger partial charge in [0.1, 0.15) is 0 Å². The summed E-state index contributed by atoms with van der Waals surface area (Å²) >= 11 is 0. The summed E-state index contributed by atoms with van der Waals surface area (Å²) in [7, 11) is 0. The first-order chi connectivity index (χ1) is 6.41. The van der Waals surface area contributed by atoms with E-state index in [1.54, 1.807) is 6.08 Å². The minimum Gasteiger partial charge on any atom is -0.106 e. The van der Waals surface area contributed by atoms with E-state index in [0.29, 0.717) is 0 Å². The van der Waals surface area contributed by atoms with Gasteiger partial charge in [0, 0.05) is 0 Å². The first-order valence-electron chi connectivity index (χ1n) is 4.80. The lowest BCUT2D eigenvalue weighted by molar-refractivity contribution is 0.758. The van der Waals surface area contributed by atoms with Gasteiger partial charge < -0.3 is 0 Å². The normalized spacial score (nSPS) is 13.6. The summed E-state index contributed by atoms with van der Waals surface area (Å²) in [4.78, 5) is 0. The van der Waals surface area contributed by atoms with Gasteiger partial charge in [-0.25, -0.2) is 0 Å². The van der Waals surface area contributed by atoms with Crippen LogP contribution >= 0.6 is 0 Å². The topological polar surface area (TPSA) is 0 Å². The largest absolute Gasteiger partial charge is 0.106 e. The molecule has 0 unspecified atom stereocenters. The number of hydrogen-bond donors (Lipinski definition) is 0. The zero-order valence-electron chi connectivity index (χ0n) is 8.84. The van der Waals surface area contributed by atoms with E-state index in [4.69, 9.17) is 0 Å². The lowest BCUT2D eigenvalue weighted by Crippen LogP contribution is -1.74. The Bertz CT molecular complexity index is 126. The van der Waals surface area contributed by atoms with E-state index in [-0.39, 0.29) is 0 Å². The van der Waals surface area contributed by atoms with Gasteiger partial charge in [-0.3, -0.25) is 0 Å². The third-order valence-electron chi connectivity index (χ3n) is 1.37. The van der Waals surface area contributed by atoms with Crippen LogP contribution in [0.2, 0.25) is 0 Å². The average Bonchev–Trinajstić information content (AvgIpc) is 2.07. The van der Waals surface area contributed by atoms with Crippen LogP contribution in [-0.2, 0) is 0 Å². The van der Waals surface area contributed by atoms with Crippen molar-refractivity contribution in [2.45, 2.75) is 32.6 Å². The predicted octanol–water partition coefficient (Wildman–Crippen LogP) is 4.67. The molecule has 0 N–H and O–H groups in total. The lowest BCUT2D eigenvalue weighted by Gasteiger charge is -1.94. The molecular formula is C13H22. The SMILES string of the molecule is C1=CCCCCC=C1.C=C.C=CC. The quantitative estimate of drug-likeness (QED) is 0.473. The highest BCUT2D eigenvalue weighted by Gasteiger charge is 1.84. The number of hydrogen-bond acceptors (Lipinski definition) is 0. The molecule has 0 atom stereocenters. The number of allylic oxidation sites excluding steroid dienone is 5. The second-order valence-corrected chi connectivity index (χ2v) is 2.55. The Morgan fingerprint density at radius 2 is 1.31 bits per heavy atom. The predicted molar refractivity (Wildman–Crippen MR) is 63.9 cm³/mol. The first-order valence-corrected chi connectivity index (χ1v) is 4.80. The van der Waals surface area contributed by atoms with Crippen molar-refractivity contribution in [1.82, 2.24) is 0 Å². The van der Waals surface area contributed by atoms with E-state index in [2.05, 4.69) is 44.0 Å². The molecule has 0 spiro atoms. The van der Waals surface area contributed by atoms with Crippen molar-refractivity contribution < 1.29 is 0 Å². The fourth-order valence-corrected chi connectivity index (χ4v) is 0.874. The van der Waals surface area contributed by atoms with Crippen LogP contribution in [-0.4, -0.2) is 0 Å². The molecule has 0 aromatic heterocycles. The van der Waals surface area contributed by atoms with Crippen molar-refractivity contribution in [3.05, 3.63) is 50.1 Å². The Morgan fingerprint density at radius 1 is 1.00 bits per heavy atom. The summed E-state index contributed by atoms with van der Waals surface area (Å²) in [6.07, 6.45) is 15.7. The molecule has 1 aliphatic rings. The van der Waals surface area contributed by atoms with Gasteiger partial charge in [0.15, 0.2) is 0 Å². The van der Waals surface area contributed by atoms with Crippen molar-refractivity contribution in [1.29, 1.82) is 0 Å². The van der Waals surface area contributed by atoms with Gasteiger partial charge in [-0.05, 0) is 32.6 Å². The molecular weight excluding hydrogens is 156 g/mol. The summed E-state index contributed by atoms with van der Waals surface area (Å²) in [5, 5.41) is 0. The minimum atomic E-state index is 1.27. The molecule has 0 nitrogen and oxygen atoms in total. The highest BCUT2D eigenvalue weighted by molar-refractivity contribution is 5.03. The van der Waals surface area contributed by atoms with Crippen LogP contribution in [0.1, 0.15) is 32.6 Å². The van der Waals surface area contributed by atoms with E-state index < -0.39 is 0 Å². The van der Waals surface area contributed by atoms with Crippen LogP contribution in [0.5, 0.6) is 0 Å². The van der Waals surface area contributed by atoms with Gasteiger partial charge in [0.2, 0.25) is 0 Å². The smallest absolute Gasteiger partial charge is 0.0347 e. The van der Waals surface area contributed by atoms with Crippen LogP contribution in [0.15, 0.2) is 50.1 Å². The van der Waals surface area contributed by atoms with Crippen molar-refractivity contribution in [2.75, 3.05) is 0 Å². The molecule has 1 rings (SSSR count). The van der Waals surface area contributed by atoms with E-state index in [1.165, 1.54) is 25.7 Å². The Morgan fingerprint density at radius 3 is 1.62 bits per heavy atom. The first kappa shape index (κ1) is 14.5. The van der Waals surface area contributed by atoms with Crippen LogP contribution in [0.25, 0.3) is 0 Å². The van der Waals surface area contributed by atoms with E-state index in [0.717, 1.165) is 0 Å². The standard InChI is InChI=1S/C8H12.C3H6.C2H4/c1-2-4-6-8-7-5-3-1;1-3-2;1-2/h1-4H,5-8H2;3H,1H2,2H3;1-2H2. The van der Waals surface area contributed by atoms with Crippen molar-refractivity contribution in [2.24, 2.45) is 0 Å². The maximum Gasteiger partial charge on any atom is -0.0347 e. The Kier molecular flexibility index (Phi) is 19.1. The van der Waals surface area contributed by atoms with Gasteiger partial charge in [0.05, 0.1) is 0 Å². The molecule has 0 saturated carbocycles. The second kappa shape index (κ2) is 17.2. The second-order valence-electron chi connectivity index (χ2n) is 2.55. The minimum absolute atomic E-state index is 1.27. The molecule has 0 fully saturated rings. The molecule has 0 amide bonds. The Labute approximate surface area is 83.4 Å². The zero-order chi connectivity index (χ0) is 10.4. The maximum absolute atomic E-state index is 3.36. The summed E-state index contributed by atoms with van der Waals surface area (Å²) in [6.45, 7) is 11.2. The molecule has 74 valence electrons. The number of rotatable bonds is 0. The van der Waals surface area contributed by atoms with E-state index in [1.807, 2.05) is 6.92 Å². The fourth-order valence-electron chi connectivity index (χ4n) is 0.874. The molecule has 0 saturated heterocycles. The van der Waals surface area contributed by atoms with E-state index >= 15 is 0 Å². The van der Waals surface area contributed by atoms with Crippen molar-refractivity contribution >= 4 is 0 Å². The van der Waals surface area contributed by atoms with Crippen molar-refractivity contribution in [3.8, 4) is 0 Å². The molecule has 0 radical (unpaired) electrons. The molecule has 0 bridgehead atoms. The molecule has 0 heteroatoms. The third kappa shape index (κ3) is 18.2. The van der Waals surface area contributed by atoms with Gasteiger partial charge in [-0.2, -0.15) is 0 Å². The monoisotopic (exact) mass is 178 g/mol. The summed E-state index contributed by atoms with van der Waals surface area (Å²) in [5.41, 5.74) is 0. The maximum atomic E-state index is 3.36. The lowest BCUT2D eigenvalue weighted by atomic mass is 10.1. The molecule has 0 aromatic rings. The highest BCUT2D eigenvalue weighted by Crippen LogP contribution is 2.04. The molecule has 1 aliphatic carbocycles. The van der Waals surface area contributed by atoms with Crippen LogP contribution in [0, 0.1) is 0 Å². The van der Waals surface area contributed by atoms with Crippen LogP contribution < -0.4 is 0 Å².